The number of para-hydroxylation sites is 1. The summed E-state index contributed by atoms with van der Waals surface area (Å²) >= 11 is 3.54. The van der Waals surface area contributed by atoms with Crippen molar-refractivity contribution in [2.45, 2.75) is 6.42 Å². The van der Waals surface area contributed by atoms with Crippen LogP contribution in [0.25, 0.3) is 11.0 Å². The molecule has 0 amide bonds. The quantitative estimate of drug-likeness (QED) is 0.677. The summed E-state index contributed by atoms with van der Waals surface area (Å²) < 4.78 is 0.999. The molecule has 0 spiro atoms. The molecule has 1 aromatic heterocycles. The van der Waals surface area contributed by atoms with E-state index in [9.17, 15) is 0 Å². The summed E-state index contributed by atoms with van der Waals surface area (Å²) in [6.45, 7) is 0. The number of nitrogens with zero attached hydrogens (tertiary/aromatic N) is 3. The van der Waals surface area contributed by atoms with Gasteiger partial charge >= 0.3 is 0 Å². The zero-order valence-corrected chi connectivity index (χ0v) is 12.1. The van der Waals surface area contributed by atoms with Crippen LogP contribution in [0.15, 0.2) is 58.3 Å². The minimum absolute atomic E-state index is 0.846. The van der Waals surface area contributed by atoms with E-state index in [0.717, 1.165) is 38.9 Å². The third-order valence-corrected chi connectivity index (χ3v) is 3.91. The lowest BCUT2D eigenvalue weighted by Crippen LogP contribution is -2.03. The van der Waals surface area contributed by atoms with E-state index in [4.69, 9.17) is 4.99 Å². The van der Waals surface area contributed by atoms with E-state index in [1.165, 1.54) is 5.56 Å². The molecule has 0 saturated heterocycles. The number of halogens is 1. The Morgan fingerprint density at radius 3 is 2.75 bits per heavy atom. The smallest absolute Gasteiger partial charge is 0.0978 e. The average Bonchev–Trinajstić information content (AvgIpc) is 2.90. The number of hydrogen-bond acceptors (Lipinski definition) is 3. The van der Waals surface area contributed by atoms with Crippen molar-refractivity contribution in [1.29, 1.82) is 0 Å². The first-order valence-corrected chi connectivity index (χ1v) is 7.17. The highest BCUT2D eigenvalue weighted by atomic mass is 79.9. The van der Waals surface area contributed by atoms with Crippen LogP contribution in [-0.2, 0) is 6.42 Å². The molecule has 0 atom stereocenters. The van der Waals surface area contributed by atoms with Gasteiger partial charge in [-0.3, -0.25) is 15.0 Å². The number of rotatable bonds is 1. The highest BCUT2D eigenvalue weighted by Crippen LogP contribution is 2.31. The van der Waals surface area contributed by atoms with Gasteiger partial charge in [-0.2, -0.15) is 0 Å². The maximum atomic E-state index is 4.74. The molecule has 0 unspecified atom stereocenters. The van der Waals surface area contributed by atoms with Gasteiger partial charge in [0.1, 0.15) is 0 Å². The van der Waals surface area contributed by atoms with Crippen LogP contribution in [0.1, 0.15) is 11.1 Å². The van der Waals surface area contributed by atoms with Crippen LogP contribution >= 0.6 is 15.9 Å². The Hall–Kier alpha value is -2.07. The van der Waals surface area contributed by atoms with Crippen LogP contribution < -0.4 is 0 Å². The molecule has 0 N–H and O–H groups in total. The Bertz CT molecular complexity index is 855. The molecule has 2 heterocycles. The lowest BCUT2D eigenvalue weighted by molar-refractivity contribution is 1.28. The molecule has 96 valence electrons. The first kappa shape index (κ1) is 11.7. The van der Waals surface area contributed by atoms with Crippen LogP contribution in [0.2, 0.25) is 0 Å². The van der Waals surface area contributed by atoms with Gasteiger partial charge in [-0.1, -0.05) is 34.1 Å². The fraction of sp³-hybridized carbons (Fsp3) is 0.0625. The van der Waals surface area contributed by atoms with Crippen molar-refractivity contribution in [2.24, 2.45) is 4.99 Å². The monoisotopic (exact) mass is 323 g/mol. The Morgan fingerprint density at radius 2 is 1.85 bits per heavy atom. The van der Waals surface area contributed by atoms with Gasteiger partial charge in [-0.15, -0.1) is 0 Å². The number of aliphatic imine (C=N–C) groups is 1. The first-order chi connectivity index (χ1) is 9.81. The summed E-state index contributed by atoms with van der Waals surface area (Å²) in [5.74, 6) is 0. The summed E-state index contributed by atoms with van der Waals surface area (Å²) in [4.78, 5) is 13.6. The number of aromatic nitrogens is 2. The maximum Gasteiger partial charge on any atom is 0.0978 e. The Morgan fingerprint density at radius 1 is 1.00 bits per heavy atom. The van der Waals surface area contributed by atoms with Crippen molar-refractivity contribution in [3.05, 3.63) is 64.4 Å². The van der Waals surface area contributed by atoms with E-state index >= 15 is 0 Å². The molecule has 20 heavy (non-hydrogen) atoms. The SMILES string of the molecule is Brc1cc(C2=Nc3ccccc3C2)c2nccnc2c1. The van der Waals surface area contributed by atoms with Gasteiger partial charge in [-0.05, 0) is 23.8 Å². The van der Waals surface area contributed by atoms with Crippen molar-refractivity contribution >= 4 is 38.4 Å². The zero-order valence-electron chi connectivity index (χ0n) is 10.5. The number of hydrogen-bond donors (Lipinski definition) is 0. The molecule has 2 aromatic carbocycles. The Balaban J connectivity index is 1.93. The van der Waals surface area contributed by atoms with Crippen molar-refractivity contribution in [2.75, 3.05) is 0 Å². The molecule has 3 aromatic rings. The second-order valence-corrected chi connectivity index (χ2v) is 5.66. The van der Waals surface area contributed by atoms with E-state index in [2.05, 4.69) is 44.1 Å². The van der Waals surface area contributed by atoms with E-state index < -0.39 is 0 Å². The maximum absolute atomic E-state index is 4.74. The number of fused-ring (bicyclic) bond motifs is 2. The predicted octanol–water partition coefficient (Wildman–Crippen LogP) is 4.07. The fourth-order valence-corrected chi connectivity index (χ4v) is 3.00. The van der Waals surface area contributed by atoms with Crippen LogP contribution in [0, 0.1) is 0 Å². The summed E-state index contributed by atoms with van der Waals surface area (Å²) in [6, 6.07) is 12.3. The highest BCUT2D eigenvalue weighted by Gasteiger charge is 2.18. The van der Waals surface area contributed by atoms with Crippen molar-refractivity contribution in [3.63, 3.8) is 0 Å². The molecule has 0 fully saturated rings. The second kappa shape index (κ2) is 4.49. The highest BCUT2D eigenvalue weighted by molar-refractivity contribution is 9.10. The lowest BCUT2D eigenvalue weighted by Gasteiger charge is -2.06. The second-order valence-electron chi connectivity index (χ2n) is 4.74. The third kappa shape index (κ3) is 1.84. The van der Waals surface area contributed by atoms with E-state index in [-0.39, 0.29) is 0 Å². The predicted molar refractivity (Wildman–Crippen MR) is 83.6 cm³/mol. The third-order valence-electron chi connectivity index (χ3n) is 3.45. The molecule has 0 aliphatic carbocycles. The molecule has 1 aliphatic heterocycles. The van der Waals surface area contributed by atoms with Crippen molar-refractivity contribution < 1.29 is 0 Å². The molecule has 4 rings (SSSR count). The van der Waals surface area contributed by atoms with E-state index in [1.54, 1.807) is 12.4 Å². The van der Waals surface area contributed by atoms with Crippen LogP contribution in [0.5, 0.6) is 0 Å². The average molecular weight is 324 g/mol. The van der Waals surface area contributed by atoms with E-state index in [0.29, 0.717) is 0 Å². The topological polar surface area (TPSA) is 38.1 Å². The summed E-state index contributed by atoms with van der Waals surface area (Å²) in [6.07, 6.45) is 4.28. The van der Waals surface area contributed by atoms with Crippen LogP contribution in [0.3, 0.4) is 0 Å². The molecule has 4 heteroatoms. The van der Waals surface area contributed by atoms with Gasteiger partial charge in [0.2, 0.25) is 0 Å². The lowest BCUT2D eigenvalue weighted by atomic mass is 10.0. The fourth-order valence-electron chi connectivity index (χ4n) is 2.55. The molecular weight excluding hydrogens is 314 g/mol. The van der Waals surface area contributed by atoms with Gasteiger partial charge in [0.05, 0.1) is 22.4 Å². The molecule has 0 saturated carbocycles. The van der Waals surface area contributed by atoms with Crippen molar-refractivity contribution in [1.82, 2.24) is 9.97 Å². The molecule has 3 nitrogen and oxygen atoms in total. The van der Waals surface area contributed by atoms with Gasteiger partial charge in [0.25, 0.3) is 0 Å². The van der Waals surface area contributed by atoms with E-state index in [1.807, 2.05) is 18.2 Å². The van der Waals surface area contributed by atoms with Crippen LogP contribution in [0.4, 0.5) is 5.69 Å². The minimum atomic E-state index is 0.846. The minimum Gasteiger partial charge on any atom is -0.253 e. The normalized spacial score (nSPS) is 13.3. The summed E-state index contributed by atoms with van der Waals surface area (Å²) in [7, 11) is 0. The standard InChI is InChI=1S/C16H10BrN3/c17-11-8-12(16-15(9-11)18-5-6-19-16)14-7-10-3-1-2-4-13(10)20-14/h1-6,8-9H,7H2. The Labute approximate surface area is 124 Å². The number of benzene rings is 2. The zero-order chi connectivity index (χ0) is 13.5. The summed E-state index contributed by atoms with van der Waals surface area (Å²) in [5.41, 5.74) is 6.22. The largest absolute Gasteiger partial charge is 0.253 e. The Kier molecular flexibility index (Phi) is 2.63. The van der Waals surface area contributed by atoms with Crippen molar-refractivity contribution in [3.8, 4) is 0 Å². The molecule has 0 bridgehead atoms. The molecular formula is C16H10BrN3. The van der Waals surface area contributed by atoms with Crippen LogP contribution in [-0.4, -0.2) is 15.7 Å². The summed E-state index contributed by atoms with van der Waals surface area (Å²) in [5, 5.41) is 0. The van der Waals surface area contributed by atoms with Gasteiger partial charge in [0.15, 0.2) is 0 Å². The van der Waals surface area contributed by atoms with Gasteiger partial charge < -0.3 is 0 Å². The van der Waals surface area contributed by atoms with Gasteiger partial charge in [0, 0.05) is 28.9 Å². The van der Waals surface area contributed by atoms with Gasteiger partial charge in [-0.25, -0.2) is 0 Å². The molecule has 1 aliphatic rings. The molecule has 0 radical (unpaired) electrons. The first-order valence-electron chi connectivity index (χ1n) is 6.37.